The summed E-state index contributed by atoms with van der Waals surface area (Å²) >= 11 is 0. The topological polar surface area (TPSA) is 32.3 Å². The maximum atomic E-state index is 12.2. The summed E-state index contributed by atoms with van der Waals surface area (Å²) < 4.78 is 0. The van der Waals surface area contributed by atoms with Crippen molar-refractivity contribution in [2.24, 2.45) is 11.8 Å². The summed E-state index contributed by atoms with van der Waals surface area (Å²) in [4.78, 5) is 14.2. The van der Waals surface area contributed by atoms with Crippen molar-refractivity contribution < 1.29 is 4.79 Å². The number of fused-ring (bicyclic) bond motifs is 2. The molecule has 2 aliphatic heterocycles. The van der Waals surface area contributed by atoms with E-state index in [1.165, 1.54) is 12.8 Å². The molecule has 1 amide bonds. The Hall–Kier alpha value is -0.570. The Labute approximate surface area is 98.6 Å². The van der Waals surface area contributed by atoms with Crippen LogP contribution in [0.3, 0.4) is 0 Å². The largest absolute Gasteiger partial charge is 0.345 e. The first kappa shape index (κ1) is 11.9. The molecular weight excluding hydrogens is 200 g/mol. The van der Waals surface area contributed by atoms with Gasteiger partial charge in [-0.25, -0.2) is 0 Å². The number of hydrogen-bond donors (Lipinski definition) is 1. The number of rotatable bonds is 4. The summed E-state index contributed by atoms with van der Waals surface area (Å²) in [5, 5.41) is 3.53. The first-order valence-electron chi connectivity index (χ1n) is 6.59. The zero-order valence-electron chi connectivity index (χ0n) is 10.7. The van der Waals surface area contributed by atoms with E-state index >= 15 is 0 Å². The van der Waals surface area contributed by atoms with Crippen LogP contribution in [-0.4, -0.2) is 36.5 Å². The van der Waals surface area contributed by atoms with Crippen molar-refractivity contribution in [1.29, 1.82) is 0 Å². The molecule has 2 heterocycles. The highest BCUT2D eigenvalue weighted by Crippen LogP contribution is 2.34. The minimum absolute atomic E-state index is 0.260. The van der Waals surface area contributed by atoms with Crippen LogP contribution in [0.2, 0.25) is 0 Å². The second-order valence-electron chi connectivity index (χ2n) is 5.83. The number of carbonyl (C=O) groups excluding carboxylic acids is 1. The predicted molar refractivity (Wildman–Crippen MR) is 65.1 cm³/mol. The van der Waals surface area contributed by atoms with Gasteiger partial charge in [0.25, 0.3) is 0 Å². The molecule has 3 heteroatoms. The van der Waals surface area contributed by atoms with Gasteiger partial charge in [0.05, 0.1) is 5.92 Å². The summed E-state index contributed by atoms with van der Waals surface area (Å²) in [6.07, 6.45) is 4.63. The number of carbonyl (C=O) groups is 1. The molecule has 2 bridgehead atoms. The lowest BCUT2D eigenvalue weighted by Gasteiger charge is -2.26. The predicted octanol–water partition coefficient (Wildman–Crippen LogP) is 1.63. The molecule has 2 fully saturated rings. The molecule has 2 aliphatic rings. The van der Waals surface area contributed by atoms with Gasteiger partial charge in [0.15, 0.2) is 0 Å². The van der Waals surface area contributed by atoms with Crippen molar-refractivity contribution in [2.45, 2.75) is 51.6 Å². The highest BCUT2D eigenvalue weighted by atomic mass is 16.2. The van der Waals surface area contributed by atoms with Gasteiger partial charge in [0.1, 0.15) is 0 Å². The Morgan fingerprint density at radius 2 is 2.19 bits per heavy atom. The van der Waals surface area contributed by atoms with Gasteiger partial charge in [0.2, 0.25) is 5.91 Å². The quantitative estimate of drug-likeness (QED) is 0.787. The highest BCUT2D eigenvalue weighted by Gasteiger charge is 2.43. The minimum atomic E-state index is 0.260. The molecule has 1 N–H and O–H groups in total. The normalized spacial score (nSPS) is 32.4. The van der Waals surface area contributed by atoms with Gasteiger partial charge < -0.3 is 10.2 Å². The maximum absolute atomic E-state index is 12.2. The highest BCUT2D eigenvalue weighted by molar-refractivity contribution is 5.80. The summed E-state index contributed by atoms with van der Waals surface area (Å²) in [6.45, 7) is 5.32. The molecule has 16 heavy (non-hydrogen) atoms. The fraction of sp³-hybridized carbons (Fsp3) is 0.923. The summed E-state index contributed by atoms with van der Waals surface area (Å²) in [5.41, 5.74) is 0. The van der Waals surface area contributed by atoms with Gasteiger partial charge in [-0.1, -0.05) is 13.8 Å². The van der Waals surface area contributed by atoms with E-state index in [0.29, 0.717) is 23.9 Å². The van der Waals surface area contributed by atoms with Crippen LogP contribution in [0.25, 0.3) is 0 Å². The van der Waals surface area contributed by atoms with E-state index in [9.17, 15) is 4.79 Å². The van der Waals surface area contributed by atoms with Gasteiger partial charge in [-0.3, -0.25) is 4.79 Å². The summed E-state index contributed by atoms with van der Waals surface area (Å²) in [6, 6.07) is 1.09. The molecule has 0 aromatic heterocycles. The van der Waals surface area contributed by atoms with E-state index in [-0.39, 0.29) is 5.92 Å². The van der Waals surface area contributed by atoms with Crippen LogP contribution in [0.15, 0.2) is 0 Å². The molecular formula is C13H24N2O. The van der Waals surface area contributed by atoms with Crippen LogP contribution < -0.4 is 5.32 Å². The second-order valence-corrected chi connectivity index (χ2v) is 5.83. The summed E-state index contributed by atoms with van der Waals surface area (Å²) in [5.74, 6) is 1.30. The van der Waals surface area contributed by atoms with E-state index in [0.717, 1.165) is 19.4 Å². The van der Waals surface area contributed by atoms with Crippen LogP contribution in [-0.2, 0) is 4.79 Å². The molecule has 0 aromatic carbocycles. The average molecular weight is 224 g/mol. The molecule has 0 radical (unpaired) electrons. The molecule has 3 unspecified atom stereocenters. The number of hydrogen-bond acceptors (Lipinski definition) is 2. The van der Waals surface area contributed by atoms with E-state index < -0.39 is 0 Å². The molecule has 0 saturated carbocycles. The van der Waals surface area contributed by atoms with Crippen LogP contribution in [0.1, 0.15) is 39.5 Å². The molecule has 3 nitrogen and oxygen atoms in total. The minimum Gasteiger partial charge on any atom is -0.345 e. The van der Waals surface area contributed by atoms with Crippen molar-refractivity contribution in [3.8, 4) is 0 Å². The van der Waals surface area contributed by atoms with Gasteiger partial charge in [-0.05, 0) is 31.6 Å². The zero-order chi connectivity index (χ0) is 11.7. The first-order valence-corrected chi connectivity index (χ1v) is 6.59. The van der Waals surface area contributed by atoms with E-state index in [2.05, 4.69) is 19.2 Å². The molecule has 3 atom stereocenters. The molecule has 0 aromatic rings. The smallest absolute Gasteiger partial charge is 0.227 e. The zero-order valence-corrected chi connectivity index (χ0v) is 10.7. The van der Waals surface area contributed by atoms with Crippen molar-refractivity contribution >= 4 is 5.91 Å². The van der Waals surface area contributed by atoms with Crippen molar-refractivity contribution in [3.05, 3.63) is 0 Å². The van der Waals surface area contributed by atoms with Crippen molar-refractivity contribution in [1.82, 2.24) is 10.2 Å². The summed E-state index contributed by atoms with van der Waals surface area (Å²) in [7, 11) is 1.96. The lowest BCUT2D eigenvalue weighted by atomic mass is 9.88. The van der Waals surface area contributed by atoms with Gasteiger partial charge in [0, 0.05) is 25.7 Å². The Kier molecular flexibility index (Phi) is 3.53. The van der Waals surface area contributed by atoms with Crippen molar-refractivity contribution in [2.75, 3.05) is 13.6 Å². The number of nitrogens with zero attached hydrogens (tertiary/aromatic N) is 1. The molecule has 0 spiro atoms. The Balaban J connectivity index is 1.83. The lowest BCUT2D eigenvalue weighted by molar-refractivity contribution is -0.134. The molecule has 0 aliphatic carbocycles. The van der Waals surface area contributed by atoms with Crippen LogP contribution in [0.5, 0.6) is 0 Å². The van der Waals surface area contributed by atoms with Gasteiger partial charge in [-0.2, -0.15) is 0 Å². The van der Waals surface area contributed by atoms with E-state index in [1.807, 2.05) is 11.9 Å². The third kappa shape index (κ3) is 2.40. The molecule has 2 rings (SSSR count). The maximum Gasteiger partial charge on any atom is 0.227 e. The Morgan fingerprint density at radius 3 is 2.69 bits per heavy atom. The number of amides is 1. The molecule has 92 valence electrons. The Bertz CT molecular complexity index is 265. The fourth-order valence-electron chi connectivity index (χ4n) is 2.94. The van der Waals surface area contributed by atoms with E-state index in [4.69, 9.17) is 0 Å². The van der Waals surface area contributed by atoms with Crippen LogP contribution in [0.4, 0.5) is 0 Å². The lowest BCUT2D eigenvalue weighted by Crippen LogP contribution is -2.39. The SMILES string of the molecule is CC(C)CCN(C)C(=O)C1CC2CCC1N2. The van der Waals surface area contributed by atoms with Crippen LogP contribution in [0, 0.1) is 11.8 Å². The second kappa shape index (κ2) is 4.74. The van der Waals surface area contributed by atoms with Gasteiger partial charge in [-0.15, -0.1) is 0 Å². The third-order valence-electron chi connectivity index (χ3n) is 4.04. The molecule has 2 saturated heterocycles. The monoisotopic (exact) mass is 224 g/mol. The number of nitrogens with one attached hydrogen (secondary N) is 1. The Morgan fingerprint density at radius 1 is 1.44 bits per heavy atom. The standard InChI is InChI=1S/C13H24N2O/c1-9(2)6-7-15(3)13(16)11-8-10-4-5-12(11)14-10/h9-12,14H,4-8H2,1-3H3. The van der Waals surface area contributed by atoms with Gasteiger partial charge >= 0.3 is 0 Å². The fourth-order valence-corrected chi connectivity index (χ4v) is 2.94. The van der Waals surface area contributed by atoms with Crippen LogP contribution >= 0.6 is 0 Å². The van der Waals surface area contributed by atoms with Crippen molar-refractivity contribution in [3.63, 3.8) is 0 Å². The van der Waals surface area contributed by atoms with E-state index in [1.54, 1.807) is 0 Å². The average Bonchev–Trinajstić information content (AvgIpc) is 2.86. The first-order chi connectivity index (χ1) is 7.58. The third-order valence-corrected chi connectivity index (χ3v) is 4.04.